The summed E-state index contributed by atoms with van der Waals surface area (Å²) in [6.07, 6.45) is 0. The number of fused-ring (bicyclic) bond motifs is 8. The third-order valence-electron chi connectivity index (χ3n) is 3.16. The molecule has 0 atom stereocenters. The molecule has 0 bridgehead atoms. The molecule has 0 radical (unpaired) electrons. The number of aromatic nitrogens is 7. The van der Waals surface area contributed by atoms with Crippen molar-refractivity contribution in [2.24, 2.45) is 0 Å². The molecule has 1 aromatic carbocycles. The zero-order valence-electron chi connectivity index (χ0n) is 8.42. The molecule has 0 N–H and O–H groups in total. The van der Waals surface area contributed by atoms with Crippen molar-refractivity contribution in [1.82, 2.24) is 35.4 Å². The van der Waals surface area contributed by atoms with Crippen molar-refractivity contribution in [2.45, 2.75) is 0 Å². The van der Waals surface area contributed by atoms with E-state index in [1.165, 1.54) is 0 Å². The lowest BCUT2D eigenvalue weighted by Crippen LogP contribution is -2.20. The van der Waals surface area contributed by atoms with E-state index in [-0.39, 0.29) is 15.8 Å². The number of hydrogen-bond donors (Lipinski definition) is 0. The fourth-order valence-electron chi connectivity index (χ4n) is 2.25. The summed E-state index contributed by atoms with van der Waals surface area (Å²) >= 11 is 0. The molecule has 0 spiro atoms. The Bertz CT molecular complexity index is 1100. The summed E-state index contributed by atoms with van der Waals surface area (Å²) in [7, 11) is 0. The van der Waals surface area contributed by atoms with Gasteiger partial charge in [0.25, 0.3) is 0 Å². The van der Waals surface area contributed by atoms with Crippen molar-refractivity contribution in [2.75, 3.05) is 0 Å². The van der Waals surface area contributed by atoms with E-state index in [9.17, 15) is 9.28 Å². The molecule has 0 amide bonds. The molecule has 0 unspecified atom stereocenters. The Morgan fingerprint density at radius 1 is 0.722 bits per heavy atom. The van der Waals surface area contributed by atoms with E-state index in [0.29, 0.717) is 33.0 Å². The van der Waals surface area contributed by atoms with Gasteiger partial charge >= 0.3 is 5.56 Å². The predicted octanol–water partition coefficient (Wildman–Crippen LogP) is -0.123. The molecular weight excluding hydrogens is 241 g/mol. The quantitative estimate of drug-likeness (QED) is 0.372. The van der Waals surface area contributed by atoms with Gasteiger partial charge in [-0.05, 0) is 0 Å². The molecule has 0 fully saturated rings. The highest BCUT2D eigenvalue weighted by Crippen LogP contribution is 2.35. The normalized spacial score (nSPS) is 12.9. The standard InChI is InChI=1S/C9FN7O/c10-17-8-1(3-7(9(17)18)16-12-3)2-4(13-11-2)5-6(8)15-14-5. The average Bonchev–Trinajstić information content (AvgIpc) is 2.23. The van der Waals surface area contributed by atoms with Gasteiger partial charge in [0.05, 0.1) is 5.39 Å². The molecule has 84 valence electrons. The molecular formula is C9FN7O. The van der Waals surface area contributed by atoms with Gasteiger partial charge in [0.2, 0.25) is 0 Å². The highest BCUT2D eigenvalue weighted by atomic mass is 19.2. The monoisotopic (exact) mass is 241 g/mol. The van der Waals surface area contributed by atoms with Crippen molar-refractivity contribution < 1.29 is 4.48 Å². The van der Waals surface area contributed by atoms with Crippen molar-refractivity contribution >= 4 is 44.0 Å². The predicted molar refractivity (Wildman–Crippen MR) is 57.6 cm³/mol. The van der Waals surface area contributed by atoms with Gasteiger partial charge in [-0.1, -0.05) is 4.48 Å². The van der Waals surface area contributed by atoms with Gasteiger partial charge in [-0.15, -0.1) is 35.4 Å². The fraction of sp³-hybridized carbons (Fsp3) is 0. The molecule has 0 aliphatic heterocycles. The molecule has 9 heteroatoms. The van der Waals surface area contributed by atoms with Crippen LogP contribution in [0.3, 0.4) is 0 Å². The van der Waals surface area contributed by atoms with Crippen LogP contribution in [0.4, 0.5) is 4.48 Å². The van der Waals surface area contributed by atoms with Gasteiger partial charge in [0, 0.05) is 0 Å². The lowest BCUT2D eigenvalue weighted by Gasteiger charge is -2.12. The zero-order valence-corrected chi connectivity index (χ0v) is 8.42. The molecule has 18 heavy (non-hydrogen) atoms. The second-order valence-corrected chi connectivity index (χ2v) is 4.00. The molecule has 5 aromatic rings. The van der Waals surface area contributed by atoms with Gasteiger partial charge in [-0.25, -0.2) is 0 Å². The first-order valence-electron chi connectivity index (χ1n) is 5.01. The second kappa shape index (κ2) is 2.23. The highest BCUT2D eigenvalue weighted by molar-refractivity contribution is 6.26. The molecule has 4 aromatic heterocycles. The van der Waals surface area contributed by atoms with Crippen LogP contribution in [0.5, 0.6) is 0 Å². The summed E-state index contributed by atoms with van der Waals surface area (Å²) in [5.74, 6) is 0. The van der Waals surface area contributed by atoms with E-state index in [2.05, 4.69) is 30.6 Å². The van der Waals surface area contributed by atoms with Crippen LogP contribution in [-0.4, -0.2) is 35.4 Å². The maximum absolute atomic E-state index is 14.0. The molecule has 4 heterocycles. The smallest absolute Gasteiger partial charge is 0.264 e. The first kappa shape index (κ1) is 8.28. The Morgan fingerprint density at radius 3 is 1.78 bits per heavy atom. The van der Waals surface area contributed by atoms with Crippen molar-refractivity contribution in [1.29, 1.82) is 0 Å². The van der Waals surface area contributed by atoms with Crippen LogP contribution in [0.1, 0.15) is 0 Å². The Kier molecular flexibility index (Phi) is 1.03. The van der Waals surface area contributed by atoms with E-state index in [1.54, 1.807) is 0 Å². The third-order valence-corrected chi connectivity index (χ3v) is 3.16. The summed E-state index contributed by atoms with van der Waals surface area (Å²) in [6, 6.07) is 0. The van der Waals surface area contributed by atoms with Crippen molar-refractivity contribution in [3.8, 4) is 0 Å². The van der Waals surface area contributed by atoms with E-state index < -0.39 is 5.56 Å². The molecule has 0 saturated heterocycles. The topological polar surface area (TPSA) is 99.3 Å². The van der Waals surface area contributed by atoms with Crippen LogP contribution in [0, 0.1) is 0 Å². The van der Waals surface area contributed by atoms with Crippen LogP contribution in [0.25, 0.3) is 44.0 Å². The molecule has 0 saturated carbocycles. The first-order chi connectivity index (χ1) is 8.77. The first-order valence-corrected chi connectivity index (χ1v) is 5.01. The van der Waals surface area contributed by atoms with Crippen LogP contribution in [-0.2, 0) is 0 Å². The average molecular weight is 241 g/mol. The van der Waals surface area contributed by atoms with Gasteiger partial charge in [-0.3, -0.25) is 4.79 Å². The number of nitrogens with zero attached hydrogens (tertiary/aromatic N) is 7. The van der Waals surface area contributed by atoms with Gasteiger partial charge in [-0.2, -0.15) is 0 Å². The third kappa shape index (κ3) is 0.617. The minimum atomic E-state index is -0.840. The number of rotatable bonds is 0. The van der Waals surface area contributed by atoms with E-state index in [1.807, 2.05) is 0 Å². The maximum atomic E-state index is 14.0. The van der Waals surface area contributed by atoms with Crippen LogP contribution in [0.15, 0.2) is 4.79 Å². The molecule has 0 aliphatic rings. The summed E-state index contributed by atoms with van der Waals surface area (Å²) in [5.41, 5.74) is 1.39. The number of hydrogen-bond acceptors (Lipinski definition) is 7. The lowest BCUT2D eigenvalue weighted by molar-refractivity contribution is 0.373. The zero-order chi connectivity index (χ0) is 12.0. The molecule has 8 nitrogen and oxygen atoms in total. The van der Waals surface area contributed by atoms with E-state index in [0.717, 1.165) is 0 Å². The van der Waals surface area contributed by atoms with Crippen molar-refractivity contribution in [3.63, 3.8) is 0 Å². The number of pyridine rings is 1. The summed E-state index contributed by atoms with van der Waals surface area (Å²) in [5, 5.41) is 22.9. The number of benzene rings is 1. The minimum absolute atomic E-state index is 0.00510. The van der Waals surface area contributed by atoms with Crippen LogP contribution in [0.2, 0.25) is 0 Å². The summed E-state index contributed by atoms with van der Waals surface area (Å²) < 4.78 is 14.0. The van der Waals surface area contributed by atoms with Gasteiger partial charge < -0.3 is 0 Å². The SMILES string of the molecule is O=c1c2nnc2c2c3nnc3c3nnc3c2n1F. The lowest BCUT2D eigenvalue weighted by atomic mass is 10.1. The fourth-order valence-corrected chi connectivity index (χ4v) is 2.25. The Labute approximate surface area is 95.0 Å². The molecule has 5 rings (SSSR count). The van der Waals surface area contributed by atoms with Crippen molar-refractivity contribution in [3.05, 3.63) is 10.4 Å². The minimum Gasteiger partial charge on any atom is -0.264 e. The Balaban J connectivity index is 2.30. The Hall–Kier alpha value is -2.84. The largest absolute Gasteiger partial charge is 0.309 e. The maximum Gasteiger partial charge on any atom is 0.309 e. The van der Waals surface area contributed by atoms with E-state index in [4.69, 9.17) is 0 Å². The van der Waals surface area contributed by atoms with E-state index >= 15 is 0 Å². The van der Waals surface area contributed by atoms with Gasteiger partial charge in [0.1, 0.15) is 33.1 Å². The summed E-state index contributed by atoms with van der Waals surface area (Å²) in [4.78, 5) is 11.7. The second-order valence-electron chi connectivity index (χ2n) is 4.00. The number of halogens is 1. The van der Waals surface area contributed by atoms with Gasteiger partial charge in [0.15, 0.2) is 5.52 Å². The Morgan fingerprint density at radius 2 is 1.22 bits per heavy atom. The van der Waals surface area contributed by atoms with Crippen LogP contribution >= 0.6 is 0 Å². The molecule has 0 aliphatic carbocycles. The highest BCUT2D eigenvalue weighted by Gasteiger charge is 2.26. The van der Waals surface area contributed by atoms with Crippen LogP contribution < -0.4 is 5.56 Å². The summed E-state index contributed by atoms with van der Waals surface area (Å²) in [6.45, 7) is 0.